The molecule has 0 unspecified atom stereocenters. The van der Waals surface area contributed by atoms with Gasteiger partial charge in [0.1, 0.15) is 0 Å². The summed E-state index contributed by atoms with van der Waals surface area (Å²) in [5, 5.41) is 0. The lowest BCUT2D eigenvalue weighted by atomic mass is 9.94. The highest BCUT2D eigenvalue weighted by Crippen LogP contribution is 2.24. The molecule has 0 radical (unpaired) electrons. The van der Waals surface area contributed by atoms with E-state index >= 15 is 0 Å². The summed E-state index contributed by atoms with van der Waals surface area (Å²) >= 11 is 3.33. The molecular weight excluding hydrogens is 364 g/mol. The predicted molar refractivity (Wildman–Crippen MR) is 88.8 cm³/mol. The van der Waals surface area contributed by atoms with E-state index in [9.17, 15) is 8.42 Å². The number of nitrogens with two attached hydrogens (primary N) is 1. The van der Waals surface area contributed by atoms with Crippen LogP contribution in [-0.2, 0) is 10.0 Å². The quantitative estimate of drug-likeness (QED) is 0.847. The highest BCUT2D eigenvalue weighted by Gasteiger charge is 2.27. The highest BCUT2D eigenvalue weighted by atomic mass is 79.9. The van der Waals surface area contributed by atoms with Crippen molar-refractivity contribution in [1.29, 1.82) is 0 Å². The van der Waals surface area contributed by atoms with Crippen molar-refractivity contribution in [2.75, 3.05) is 20.1 Å². The van der Waals surface area contributed by atoms with Crippen molar-refractivity contribution in [1.82, 2.24) is 4.31 Å². The molecule has 0 heterocycles. The molecule has 0 amide bonds. The van der Waals surface area contributed by atoms with Gasteiger partial charge in [0.25, 0.3) is 0 Å². The lowest BCUT2D eigenvalue weighted by Crippen LogP contribution is -2.39. The van der Waals surface area contributed by atoms with Gasteiger partial charge in [-0.15, -0.1) is 12.4 Å². The summed E-state index contributed by atoms with van der Waals surface area (Å²) in [4.78, 5) is 0.301. The Bertz CT molecular complexity index is 541. The Balaban J connectivity index is 0.00000361. The summed E-state index contributed by atoms with van der Waals surface area (Å²) in [6.07, 6.45) is 0. The average molecular weight is 386 g/mol. The first kappa shape index (κ1) is 19.9. The van der Waals surface area contributed by atoms with E-state index < -0.39 is 10.0 Å². The standard InChI is InChI=1S/C13H21BrN2O2S.ClH/c1-10-5-11(14)7-12(6-10)19(17,18)16(4)9-13(2,3)8-15;/h5-7H,8-9,15H2,1-4H3;1H. The summed E-state index contributed by atoms with van der Waals surface area (Å²) in [5.41, 5.74) is 6.31. The van der Waals surface area contributed by atoms with Crippen molar-refractivity contribution < 1.29 is 8.42 Å². The third-order valence-corrected chi connectivity index (χ3v) is 5.17. The summed E-state index contributed by atoms with van der Waals surface area (Å²) < 4.78 is 27.1. The first-order valence-electron chi connectivity index (χ1n) is 6.02. The maximum absolute atomic E-state index is 12.5. The Labute approximate surface area is 136 Å². The van der Waals surface area contributed by atoms with Crippen LogP contribution in [0.25, 0.3) is 0 Å². The van der Waals surface area contributed by atoms with Crippen LogP contribution in [0, 0.1) is 12.3 Å². The van der Waals surface area contributed by atoms with Crippen molar-refractivity contribution >= 4 is 38.4 Å². The minimum atomic E-state index is -3.48. The Morgan fingerprint density at radius 1 is 1.30 bits per heavy atom. The Morgan fingerprint density at radius 3 is 2.30 bits per heavy atom. The number of hydrogen-bond acceptors (Lipinski definition) is 3. The molecule has 0 aliphatic carbocycles. The second-order valence-corrected chi connectivity index (χ2v) is 8.55. The molecule has 4 nitrogen and oxygen atoms in total. The van der Waals surface area contributed by atoms with Gasteiger partial charge >= 0.3 is 0 Å². The largest absolute Gasteiger partial charge is 0.330 e. The fraction of sp³-hybridized carbons (Fsp3) is 0.538. The summed E-state index contributed by atoms with van der Waals surface area (Å²) in [7, 11) is -1.89. The van der Waals surface area contributed by atoms with Crippen LogP contribution in [0.1, 0.15) is 19.4 Å². The molecule has 1 aromatic carbocycles. The minimum Gasteiger partial charge on any atom is -0.330 e. The topological polar surface area (TPSA) is 63.4 Å². The van der Waals surface area contributed by atoms with E-state index in [0.29, 0.717) is 18.0 Å². The predicted octanol–water partition coefficient (Wildman–Crippen LogP) is 2.78. The molecule has 0 aliphatic rings. The summed E-state index contributed by atoms with van der Waals surface area (Å²) in [6, 6.07) is 5.17. The zero-order valence-corrected chi connectivity index (χ0v) is 15.4. The third kappa shape index (κ3) is 5.00. The molecule has 116 valence electrons. The van der Waals surface area contributed by atoms with Gasteiger partial charge in [0.15, 0.2) is 0 Å². The second-order valence-electron chi connectivity index (χ2n) is 5.59. The van der Waals surface area contributed by atoms with Gasteiger partial charge < -0.3 is 5.73 Å². The smallest absolute Gasteiger partial charge is 0.242 e. The minimum absolute atomic E-state index is 0. The van der Waals surface area contributed by atoms with E-state index in [1.54, 1.807) is 19.2 Å². The number of benzene rings is 1. The lowest BCUT2D eigenvalue weighted by molar-refractivity contribution is 0.292. The molecule has 2 N–H and O–H groups in total. The number of aryl methyl sites for hydroxylation is 1. The number of sulfonamides is 1. The first-order chi connectivity index (χ1) is 8.58. The molecule has 0 saturated heterocycles. The maximum atomic E-state index is 12.5. The van der Waals surface area contributed by atoms with E-state index in [2.05, 4.69) is 15.9 Å². The monoisotopic (exact) mass is 384 g/mol. The Kier molecular flexibility index (Phi) is 7.17. The summed E-state index contributed by atoms with van der Waals surface area (Å²) in [6.45, 7) is 6.59. The Hall–Kier alpha value is -0.140. The van der Waals surface area contributed by atoms with Gasteiger partial charge in [-0.1, -0.05) is 29.8 Å². The van der Waals surface area contributed by atoms with Gasteiger partial charge in [0, 0.05) is 18.1 Å². The molecule has 0 fully saturated rings. The van der Waals surface area contributed by atoms with Crippen LogP contribution in [0.2, 0.25) is 0 Å². The normalized spacial score (nSPS) is 12.3. The van der Waals surface area contributed by atoms with Gasteiger partial charge in [-0.05, 0) is 42.6 Å². The number of hydrogen-bond donors (Lipinski definition) is 1. The van der Waals surface area contributed by atoms with Crippen LogP contribution in [0.15, 0.2) is 27.6 Å². The van der Waals surface area contributed by atoms with E-state index in [-0.39, 0.29) is 17.8 Å². The molecule has 0 spiro atoms. The van der Waals surface area contributed by atoms with Gasteiger partial charge in [0.2, 0.25) is 10.0 Å². The van der Waals surface area contributed by atoms with E-state index in [1.807, 2.05) is 26.8 Å². The van der Waals surface area contributed by atoms with E-state index in [4.69, 9.17) is 5.73 Å². The van der Waals surface area contributed by atoms with Crippen molar-refractivity contribution in [3.8, 4) is 0 Å². The van der Waals surface area contributed by atoms with Crippen LogP contribution in [0.5, 0.6) is 0 Å². The van der Waals surface area contributed by atoms with Gasteiger partial charge in [-0.2, -0.15) is 0 Å². The zero-order valence-electron chi connectivity index (χ0n) is 12.2. The first-order valence-corrected chi connectivity index (χ1v) is 8.25. The van der Waals surface area contributed by atoms with Crippen LogP contribution in [-0.4, -0.2) is 32.9 Å². The van der Waals surface area contributed by atoms with E-state index in [0.717, 1.165) is 10.0 Å². The van der Waals surface area contributed by atoms with Crippen molar-refractivity contribution in [2.45, 2.75) is 25.7 Å². The molecule has 20 heavy (non-hydrogen) atoms. The van der Waals surface area contributed by atoms with Crippen LogP contribution >= 0.6 is 28.3 Å². The fourth-order valence-corrected chi connectivity index (χ4v) is 4.03. The number of halogens is 2. The molecule has 7 heteroatoms. The van der Waals surface area contributed by atoms with Crippen LogP contribution in [0.4, 0.5) is 0 Å². The lowest BCUT2D eigenvalue weighted by Gasteiger charge is -2.28. The van der Waals surface area contributed by atoms with Gasteiger partial charge in [0.05, 0.1) is 4.90 Å². The number of nitrogens with zero attached hydrogens (tertiary/aromatic N) is 1. The number of rotatable bonds is 5. The molecule has 0 aromatic heterocycles. The fourth-order valence-electron chi connectivity index (χ4n) is 1.78. The maximum Gasteiger partial charge on any atom is 0.242 e. The SMILES string of the molecule is Cc1cc(Br)cc(S(=O)(=O)N(C)CC(C)(C)CN)c1.Cl. The molecular formula is C13H22BrClN2O2S. The summed E-state index contributed by atoms with van der Waals surface area (Å²) in [5.74, 6) is 0. The van der Waals surface area contributed by atoms with Crippen molar-refractivity contribution in [2.24, 2.45) is 11.1 Å². The molecule has 1 aromatic rings. The molecule has 1 rings (SSSR count). The van der Waals surface area contributed by atoms with Gasteiger partial charge in [-0.25, -0.2) is 12.7 Å². The molecule has 0 aliphatic heterocycles. The van der Waals surface area contributed by atoms with E-state index in [1.165, 1.54) is 4.31 Å². The van der Waals surface area contributed by atoms with Crippen molar-refractivity contribution in [3.63, 3.8) is 0 Å². The molecule has 0 atom stereocenters. The zero-order chi connectivity index (χ0) is 14.8. The van der Waals surface area contributed by atoms with Gasteiger partial charge in [-0.3, -0.25) is 0 Å². The highest BCUT2D eigenvalue weighted by molar-refractivity contribution is 9.10. The third-order valence-electron chi connectivity index (χ3n) is 2.93. The van der Waals surface area contributed by atoms with Crippen LogP contribution in [0.3, 0.4) is 0 Å². The average Bonchev–Trinajstić information content (AvgIpc) is 2.27. The molecule has 0 saturated carbocycles. The van der Waals surface area contributed by atoms with Crippen molar-refractivity contribution in [3.05, 3.63) is 28.2 Å². The second kappa shape index (κ2) is 7.22. The van der Waals surface area contributed by atoms with Crippen LogP contribution < -0.4 is 5.73 Å². The molecule has 0 bridgehead atoms. The Morgan fingerprint density at radius 2 is 1.85 bits per heavy atom.